The number of alkyl halides is 1. The molecule has 1 amide bonds. The van der Waals surface area contributed by atoms with Crippen LogP contribution in [0.15, 0.2) is 100 Å². The first-order chi connectivity index (χ1) is 21.2. The fraction of sp³-hybridized carbons (Fsp3) is 0.182. The molecule has 0 spiro atoms. The molecule has 0 fully saturated rings. The van der Waals surface area contributed by atoms with Crippen molar-refractivity contribution in [3.05, 3.63) is 111 Å². The molecule has 8 nitrogen and oxygen atoms in total. The van der Waals surface area contributed by atoms with E-state index in [1.807, 2.05) is 75.0 Å². The van der Waals surface area contributed by atoms with Crippen molar-refractivity contribution in [3.8, 4) is 34.9 Å². The molecule has 6 rings (SSSR count). The van der Waals surface area contributed by atoms with Crippen LogP contribution in [0.1, 0.15) is 17.5 Å². The zero-order valence-corrected chi connectivity index (χ0v) is 28.2. The van der Waals surface area contributed by atoms with Crippen LogP contribution in [0.3, 0.4) is 0 Å². The summed E-state index contributed by atoms with van der Waals surface area (Å²) in [4.78, 5) is 13.3. The Balaban J connectivity index is 0.000000169. The third-order valence-electron chi connectivity index (χ3n) is 6.58. The normalized spacial score (nSPS) is 12.2. The second-order valence-electron chi connectivity index (χ2n) is 9.74. The van der Waals surface area contributed by atoms with E-state index in [-0.39, 0.29) is 11.8 Å². The van der Waals surface area contributed by atoms with Gasteiger partial charge in [-0.05, 0) is 54.0 Å². The van der Waals surface area contributed by atoms with Gasteiger partial charge in [-0.3, -0.25) is 14.2 Å². The van der Waals surface area contributed by atoms with Crippen LogP contribution < -0.4 is 0 Å². The Labute approximate surface area is 279 Å². The van der Waals surface area contributed by atoms with Crippen molar-refractivity contribution >= 4 is 54.9 Å². The minimum Gasteiger partial charge on any atom is -0.338 e. The van der Waals surface area contributed by atoms with Gasteiger partial charge in [0.25, 0.3) is 0 Å². The number of hydrogen-bond donors (Lipinski definition) is 0. The molecule has 0 saturated carbocycles. The van der Waals surface area contributed by atoms with E-state index < -0.39 is 0 Å². The highest BCUT2D eigenvalue weighted by atomic mass is 79.9. The van der Waals surface area contributed by atoms with Gasteiger partial charge in [0, 0.05) is 52.8 Å². The molecular formula is C33H30Br2ClN7O. The second-order valence-corrected chi connectivity index (χ2v) is 11.8. The van der Waals surface area contributed by atoms with Gasteiger partial charge in [-0.25, -0.2) is 0 Å². The van der Waals surface area contributed by atoms with Crippen molar-refractivity contribution in [2.24, 2.45) is 14.1 Å². The molecule has 11 heteroatoms. The smallest absolute Gasteiger partial charge is 0.237 e. The highest BCUT2D eigenvalue weighted by Gasteiger charge is 2.17. The quantitative estimate of drug-likeness (QED) is 0.147. The molecule has 1 aliphatic rings. The predicted octanol–water partition coefficient (Wildman–Crippen LogP) is 7.01. The monoisotopic (exact) mass is 733 g/mol. The number of terminal acetylenes is 1. The SMILES string of the molecule is C#Cc1ccc(Br)cc1.Cn1cc(-c2ccc(Br)cc2)nn1.Cn1cc(-c2ccc(C3=CCN(C(=O)CCl)CC3)cc2)nn1. The third kappa shape index (κ3) is 9.48. The number of benzene rings is 3. The molecule has 3 heterocycles. The minimum absolute atomic E-state index is 0.00466. The molecule has 3 aromatic carbocycles. The van der Waals surface area contributed by atoms with Crippen LogP contribution in [0.5, 0.6) is 0 Å². The molecule has 0 saturated heterocycles. The van der Waals surface area contributed by atoms with E-state index in [1.54, 1.807) is 14.3 Å². The van der Waals surface area contributed by atoms with Gasteiger partial charge < -0.3 is 4.90 Å². The minimum atomic E-state index is -0.00466. The van der Waals surface area contributed by atoms with Gasteiger partial charge >= 0.3 is 0 Å². The van der Waals surface area contributed by atoms with Crippen LogP contribution in [-0.2, 0) is 18.9 Å². The first-order valence-electron chi connectivity index (χ1n) is 13.6. The Morgan fingerprint density at radius 2 is 1.30 bits per heavy atom. The Morgan fingerprint density at radius 1 is 0.818 bits per heavy atom. The fourth-order valence-electron chi connectivity index (χ4n) is 4.22. The Hall–Kier alpha value is -4.04. The van der Waals surface area contributed by atoms with E-state index in [9.17, 15) is 4.79 Å². The van der Waals surface area contributed by atoms with E-state index >= 15 is 0 Å². The first-order valence-corrected chi connectivity index (χ1v) is 15.7. The third-order valence-corrected chi connectivity index (χ3v) is 7.87. The lowest BCUT2D eigenvalue weighted by molar-refractivity contribution is -0.128. The number of carbonyl (C=O) groups excluding carboxylic acids is 1. The summed E-state index contributed by atoms with van der Waals surface area (Å²) in [5, 5.41) is 15.9. The number of hydrogen-bond acceptors (Lipinski definition) is 5. The Bertz CT molecular complexity index is 1740. The fourth-order valence-corrected chi connectivity index (χ4v) is 4.92. The predicted molar refractivity (Wildman–Crippen MR) is 183 cm³/mol. The van der Waals surface area contributed by atoms with Crippen LogP contribution in [0.4, 0.5) is 0 Å². The zero-order chi connectivity index (χ0) is 31.5. The van der Waals surface area contributed by atoms with Crippen molar-refractivity contribution < 1.29 is 4.79 Å². The van der Waals surface area contributed by atoms with Gasteiger partial charge in [-0.2, -0.15) is 0 Å². The number of amides is 1. The van der Waals surface area contributed by atoms with E-state index in [0.29, 0.717) is 6.54 Å². The summed E-state index contributed by atoms with van der Waals surface area (Å²) < 4.78 is 5.51. The highest BCUT2D eigenvalue weighted by Crippen LogP contribution is 2.25. The van der Waals surface area contributed by atoms with Crippen LogP contribution in [0.2, 0.25) is 0 Å². The lowest BCUT2D eigenvalue weighted by Crippen LogP contribution is -2.35. The van der Waals surface area contributed by atoms with E-state index in [4.69, 9.17) is 18.0 Å². The van der Waals surface area contributed by atoms with Crippen LogP contribution in [-0.4, -0.2) is 59.8 Å². The number of rotatable bonds is 4. The average molecular weight is 736 g/mol. The number of aryl methyl sites for hydroxylation is 2. The van der Waals surface area contributed by atoms with Crippen LogP contribution in [0, 0.1) is 12.3 Å². The largest absolute Gasteiger partial charge is 0.338 e. The molecule has 2 aromatic heterocycles. The standard InChI is InChI=1S/C16H17ClN4O.C9H8BrN3.C8H5Br/c1-20-11-15(18-19-20)14-4-2-12(3-5-14)13-6-8-21(9-7-13)16(22)10-17;1-13-6-9(11-12-13)7-2-4-8(10)5-3-7;1-2-7-3-5-8(9)6-4-7/h2-6,11H,7-10H2,1H3;2-6H,1H3;1,3-6H. The summed E-state index contributed by atoms with van der Waals surface area (Å²) in [5.41, 5.74) is 7.26. The molecule has 0 aliphatic carbocycles. The second kappa shape index (κ2) is 16.1. The summed E-state index contributed by atoms with van der Waals surface area (Å²) >= 11 is 12.3. The molecule has 224 valence electrons. The number of aromatic nitrogens is 6. The Kier molecular flexibility index (Phi) is 12.1. The maximum absolute atomic E-state index is 11.6. The van der Waals surface area contributed by atoms with E-state index in [0.717, 1.165) is 50.0 Å². The lowest BCUT2D eigenvalue weighted by Gasteiger charge is -2.26. The maximum Gasteiger partial charge on any atom is 0.237 e. The number of nitrogens with zero attached hydrogens (tertiary/aromatic N) is 7. The molecule has 0 bridgehead atoms. The zero-order valence-electron chi connectivity index (χ0n) is 24.2. The summed E-state index contributed by atoms with van der Waals surface area (Å²) in [5.74, 6) is 2.58. The van der Waals surface area contributed by atoms with Crippen LogP contribution in [0.25, 0.3) is 28.1 Å². The molecular weight excluding hydrogens is 706 g/mol. The molecule has 1 aliphatic heterocycles. The molecule has 0 unspecified atom stereocenters. The molecule has 5 aromatic rings. The first kappa shape index (κ1) is 32.9. The molecule has 44 heavy (non-hydrogen) atoms. The summed E-state index contributed by atoms with van der Waals surface area (Å²) in [6.07, 6.45) is 11.9. The number of halogens is 3. The summed E-state index contributed by atoms with van der Waals surface area (Å²) in [6.45, 7) is 1.36. The van der Waals surface area contributed by atoms with Crippen molar-refractivity contribution in [2.45, 2.75) is 6.42 Å². The molecule has 0 radical (unpaired) electrons. The summed E-state index contributed by atoms with van der Waals surface area (Å²) in [6, 6.07) is 23.9. The van der Waals surface area contributed by atoms with E-state index in [2.05, 4.69) is 88.7 Å². The van der Waals surface area contributed by atoms with Crippen molar-refractivity contribution in [3.63, 3.8) is 0 Å². The Morgan fingerprint density at radius 3 is 1.70 bits per heavy atom. The number of carbonyl (C=O) groups is 1. The lowest BCUT2D eigenvalue weighted by atomic mass is 9.98. The van der Waals surface area contributed by atoms with Gasteiger partial charge in [0.2, 0.25) is 5.91 Å². The van der Waals surface area contributed by atoms with Gasteiger partial charge in [-0.15, -0.1) is 28.2 Å². The van der Waals surface area contributed by atoms with Gasteiger partial charge in [0.15, 0.2) is 0 Å². The van der Waals surface area contributed by atoms with Crippen molar-refractivity contribution in [2.75, 3.05) is 19.0 Å². The van der Waals surface area contributed by atoms with Crippen molar-refractivity contribution in [1.29, 1.82) is 0 Å². The molecule has 0 atom stereocenters. The van der Waals surface area contributed by atoms with Gasteiger partial charge in [-0.1, -0.05) is 90.7 Å². The van der Waals surface area contributed by atoms with E-state index in [1.165, 1.54) is 11.1 Å². The maximum atomic E-state index is 11.6. The van der Waals surface area contributed by atoms with Gasteiger partial charge in [0.1, 0.15) is 17.3 Å². The average Bonchev–Trinajstić information content (AvgIpc) is 3.70. The van der Waals surface area contributed by atoms with Crippen molar-refractivity contribution in [1.82, 2.24) is 34.9 Å². The summed E-state index contributed by atoms with van der Waals surface area (Å²) in [7, 11) is 3.71. The van der Waals surface area contributed by atoms with Gasteiger partial charge in [0.05, 0.1) is 12.4 Å². The topological polar surface area (TPSA) is 81.7 Å². The highest BCUT2D eigenvalue weighted by molar-refractivity contribution is 9.10. The van der Waals surface area contributed by atoms with Crippen LogP contribution >= 0.6 is 43.5 Å². The molecule has 0 N–H and O–H groups in total.